The molecule has 0 saturated heterocycles. The summed E-state index contributed by atoms with van der Waals surface area (Å²) in [5.41, 5.74) is 2.91. The second kappa shape index (κ2) is 4.79. The van der Waals surface area contributed by atoms with Gasteiger partial charge in [-0.3, -0.25) is 15.5 Å². The maximum absolute atomic E-state index is 12.5. The van der Waals surface area contributed by atoms with Crippen molar-refractivity contribution in [3.05, 3.63) is 71.8 Å². The van der Waals surface area contributed by atoms with E-state index in [2.05, 4.69) is 15.7 Å². The molecular weight excluding hydrogens is 252 g/mol. The first-order valence-electron chi connectivity index (χ1n) is 6.26. The fourth-order valence-electron chi connectivity index (χ4n) is 2.43. The van der Waals surface area contributed by atoms with Crippen molar-refractivity contribution in [2.24, 2.45) is 10.8 Å². The number of nitrogens with zero attached hydrogens (tertiary/aromatic N) is 1. The first-order chi connectivity index (χ1) is 9.77. The minimum Gasteiger partial charge on any atom is -0.294 e. The third-order valence-corrected chi connectivity index (χ3v) is 3.36. The van der Waals surface area contributed by atoms with E-state index in [1.165, 1.54) is 0 Å². The molecule has 2 aromatic rings. The van der Waals surface area contributed by atoms with Crippen molar-refractivity contribution < 1.29 is 4.79 Å². The van der Waals surface area contributed by atoms with Crippen LogP contribution >= 0.6 is 0 Å². The maximum atomic E-state index is 12.5. The number of amides is 1. The quantitative estimate of drug-likeness (QED) is 0.557. The standard InChI is InChI=1S/C15H14N4O/c16-19-14-17-13(20)15(18-14,11-7-3-1-4-8-11)12-9-5-2-6-10-12/h1-10H,16H2,(H2,17,18,19,20). The van der Waals surface area contributed by atoms with Crippen LogP contribution in [0.5, 0.6) is 0 Å². The van der Waals surface area contributed by atoms with Crippen LogP contribution in [0.1, 0.15) is 11.1 Å². The monoisotopic (exact) mass is 266 g/mol. The van der Waals surface area contributed by atoms with Crippen molar-refractivity contribution in [2.75, 3.05) is 0 Å². The number of hydrogen-bond acceptors (Lipinski definition) is 4. The van der Waals surface area contributed by atoms with Crippen molar-refractivity contribution >= 4 is 11.9 Å². The van der Waals surface area contributed by atoms with Crippen molar-refractivity contribution in [1.82, 2.24) is 10.7 Å². The third kappa shape index (κ3) is 1.76. The van der Waals surface area contributed by atoms with E-state index in [0.717, 1.165) is 11.1 Å². The van der Waals surface area contributed by atoms with Gasteiger partial charge in [-0.1, -0.05) is 60.7 Å². The summed E-state index contributed by atoms with van der Waals surface area (Å²) < 4.78 is 0. The molecule has 5 nitrogen and oxygen atoms in total. The van der Waals surface area contributed by atoms with Crippen LogP contribution in [0.3, 0.4) is 0 Å². The summed E-state index contributed by atoms with van der Waals surface area (Å²) in [6.45, 7) is 0. The van der Waals surface area contributed by atoms with Crippen molar-refractivity contribution in [3.63, 3.8) is 0 Å². The average Bonchev–Trinajstić information content (AvgIpc) is 2.87. The molecule has 0 aliphatic carbocycles. The summed E-state index contributed by atoms with van der Waals surface area (Å²) in [6.07, 6.45) is 0. The largest absolute Gasteiger partial charge is 0.294 e. The van der Waals surface area contributed by atoms with Gasteiger partial charge in [-0.25, -0.2) is 10.8 Å². The zero-order valence-corrected chi connectivity index (χ0v) is 10.7. The minimum absolute atomic E-state index is 0.220. The highest BCUT2D eigenvalue weighted by molar-refractivity contribution is 6.09. The van der Waals surface area contributed by atoms with E-state index in [1.54, 1.807) is 0 Å². The van der Waals surface area contributed by atoms with Gasteiger partial charge in [-0.15, -0.1) is 0 Å². The number of carbonyl (C=O) groups excluding carboxylic acids is 1. The van der Waals surface area contributed by atoms with Gasteiger partial charge >= 0.3 is 0 Å². The maximum Gasteiger partial charge on any atom is 0.264 e. The summed E-state index contributed by atoms with van der Waals surface area (Å²) >= 11 is 0. The average molecular weight is 266 g/mol. The molecule has 0 saturated carbocycles. The molecule has 1 aliphatic rings. The topological polar surface area (TPSA) is 79.5 Å². The lowest BCUT2D eigenvalue weighted by molar-refractivity contribution is -0.122. The Morgan fingerprint density at radius 1 is 0.950 bits per heavy atom. The number of hydrazine groups is 1. The normalized spacial score (nSPS) is 16.4. The number of rotatable bonds is 2. The van der Waals surface area contributed by atoms with Gasteiger partial charge in [0.25, 0.3) is 5.91 Å². The number of guanidine groups is 1. The zero-order chi connectivity index (χ0) is 14.0. The van der Waals surface area contributed by atoms with Crippen LogP contribution in [0.4, 0.5) is 0 Å². The highest BCUT2D eigenvalue weighted by Gasteiger charge is 2.46. The van der Waals surface area contributed by atoms with Crippen molar-refractivity contribution in [3.8, 4) is 0 Å². The van der Waals surface area contributed by atoms with E-state index in [-0.39, 0.29) is 11.9 Å². The molecule has 20 heavy (non-hydrogen) atoms. The lowest BCUT2D eigenvalue weighted by Gasteiger charge is -2.24. The van der Waals surface area contributed by atoms with E-state index in [1.807, 2.05) is 60.7 Å². The van der Waals surface area contributed by atoms with Gasteiger partial charge in [0.05, 0.1) is 0 Å². The summed E-state index contributed by atoms with van der Waals surface area (Å²) in [6, 6.07) is 18.9. The first kappa shape index (κ1) is 12.4. The van der Waals surface area contributed by atoms with Gasteiger partial charge < -0.3 is 0 Å². The Labute approximate surface area is 116 Å². The lowest BCUT2D eigenvalue weighted by Crippen LogP contribution is -2.43. The van der Waals surface area contributed by atoms with Crippen LogP contribution in [-0.4, -0.2) is 11.9 Å². The number of carbonyl (C=O) groups is 1. The predicted molar refractivity (Wildman–Crippen MR) is 76.6 cm³/mol. The molecule has 2 aromatic carbocycles. The van der Waals surface area contributed by atoms with Gasteiger partial charge in [-0.2, -0.15) is 0 Å². The molecule has 0 aromatic heterocycles. The number of nitrogens with two attached hydrogens (primary N) is 1. The van der Waals surface area contributed by atoms with Crippen LogP contribution < -0.4 is 16.6 Å². The Morgan fingerprint density at radius 3 is 1.85 bits per heavy atom. The molecule has 0 spiro atoms. The Morgan fingerprint density at radius 2 is 1.45 bits per heavy atom. The molecule has 0 radical (unpaired) electrons. The van der Waals surface area contributed by atoms with E-state index in [0.29, 0.717) is 0 Å². The van der Waals surface area contributed by atoms with E-state index < -0.39 is 5.54 Å². The fourth-order valence-corrected chi connectivity index (χ4v) is 2.43. The molecule has 0 unspecified atom stereocenters. The van der Waals surface area contributed by atoms with Crippen LogP contribution in [0, 0.1) is 0 Å². The van der Waals surface area contributed by atoms with Crippen molar-refractivity contribution in [1.29, 1.82) is 0 Å². The fraction of sp³-hybridized carbons (Fsp3) is 0.0667. The first-order valence-corrected chi connectivity index (χ1v) is 6.26. The summed E-state index contributed by atoms with van der Waals surface area (Å²) in [4.78, 5) is 17.0. The summed E-state index contributed by atoms with van der Waals surface area (Å²) in [7, 11) is 0. The highest BCUT2D eigenvalue weighted by Crippen LogP contribution is 2.36. The zero-order valence-electron chi connectivity index (χ0n) is 10.7. The second-order valence-electron chi connectivity index (χ2n) is 4.50. The van der Waals surface area contributed by atoms with Gasteiger partial charge in [0.2, 0.25) is 5.96 Å². The molecule has 100 valence electrons. The summed E-state index contributed by atoms with van der Waals surface area (Å²) in [5.74, 6) is 5.42. The SMILES string of the molecule is NNC1=NC(c2ccccc2)(c2ccccc2)C(=O)N1. The number of hydrogen-bond donors (Lipinski definition) is 3. The van der Waals surface area contributed by atoms with Gasteiger partial charge in [-0.05, 0) is 11.1 Å². The Balaban J connectivity index is 2.25. The number of nitrogens with one attached hydrogen (secondary N) is 2. The van der Waals surface area contributed by atoms with E-state index in [4.69, 9.17) is 5.84 Å². The Bertz CT molecular complexity index is 613. The minimum atomic E-state index is -1.09. The Kier molecular flexibility index (Phi) is 2.96. The van der Waals surface area contributed by atoms with Crippen LogP contribution in [0.15, 0.2) is 65.7 Å². The highest BCUT2D eigenvalue weighted by atomic mass is 16.2. The van der Waals surface area contributed by atoms with Crippen molar-refractivity contribution in [2.45, 2.75) is 5.54 Å². The Hall–Kier alpha value is -2.66. The van der Waals surface area contributed by atoms with Gasteiger partial charge in [0, 0.05) is 0 Å². The number of aliphatic imine (C=N–C) groups is 1. The summed E-state index contributed by atoms with van der Waals surface area (Å²) in [5, 5.41) is 2.67. The second-order valence-corrected chi connectivity index (χ2v) is 4.50. The molecule has 0 bridgehead atoms. The smallest absolute Gasteiger partial charge is 0.264 e. The molecule has 1 heterocycles. The van der Waals surface area contributed by atoms with Crippen LogP contribution in [0.25, 0.3) is 0 Å². The molecule has 3 rings (SSSR count). The molecule has 1 aliphatic heterocycles. The number of benzene rings is 2. The van der Waals surface area contributed by atoms with Crippen LogP contribution in [0.2, 0.25) is 0 Å². The van der Waals surface area contributed by atoms with E-state index >= 15 is 0 Å². The molecular formula is C15H14N4O. The van der Waals surface area contributed by atoms with Gasteiger partial charge in [0.15, 0.2) is 5.54 Å². The molecule has 4 N–H and O–H groups in total. The molecule has 1 amide bonds. The lowest BCUT2D eigenvalue weighted by atomic mass is 9.83. The molecule has 0 atom stereocenters. The molecule has 5 heteroatoms. The van der Waals surface area contributed by atoms with Gasteiger partial charge in [0.1, 0.15) is 0 Å². The van der Waals surface area contributed by atoms with Crippen LogP contribution in [-0.2, 0) is 10.3 Å². The van der Waals surface area contributed by atoms with E-state index in [9.17, 15) is 4.79 Å². The predicted octanol–water partition coefficient (Wildman–Crippen LogP) is 0.879. The molecule has 0 fully saturated rings. The third-order valence-electron chi connectivity index (χ3n) is 3.36.